The number of carbonyl (C=O) groups is 2. The highest BCUT2D eigenvalue weighted by Crippen LogP contribution is 2.46. The molecule has 7 nitrogen and oxygen atoms in total. The second kappa shape index (κ2) is 13.6. The molecule has 6 rings (SSSR count). The highest BCUT2D eigenvalue weighted by Gasteiger charge is 2.37. The van der Waals surface area contributed by atoms with Crippen molar-refractivity contribution < 1.29 is 19.1 Å². The van der Waals surface area contributed by atoms with Gasteiger partial charge in [0.05, 0.1) is 38.0 Å². The van der Waals surface area contributed by atoms with Gasteiger partial charge in [-0.2, -0.15) is 0 Å². The molecule has 4 aliphatic rings. The molecule has 42 heavy (non-hydrogen) atoms. The van der Waals surface area contributed by atoms with Crippen LogP contribution in [0.5, 0.6) is 0 Å². The van der Waals surface area contributed by atoms with Crippen molar-refractivity contribution in [3.05, 3.63) is 60.7 Å². The van der Waals surface area contributed by atoms with Crippen LogP contribution in [0.2, 0.25) is 5.02 Å². The summed E-state index contributed by atoms with van der Waals surface area (Å²) in [6, 6.07) is 6.34. The molecule has 0 N–H and O–H groups in total. The number of nitrogens with zero attached hydrogens (tertiary/aromatic N) is 3. The Bertz CT molecular complexity index is 1300. The summed E-state index contributed by atoms with van der Waals surface area (Å²) in [4.78, 5) is 35.1. The molecule has 1 aliphatic carbocycles. The van der Waals surface area contributed by atoms with Crippen LogP contribution in [0, 0.1) is 11.8 Å². The second-order valence-corrected chi connectivity index (χ2v) is 14.4. The molecule has 0 radical (unpaired) electrons. The van der Waals surface area contributed by atoms with Gasteiger partial charge in [0.1, 0.15) is 0 Å². The lowest BCUT2D eigenvalue weighted by Crippen LogP contribution is -2.44. The molecule has 4 heterocycles. The van der Waals surface area contributed by atoms with E-state index in [1.165, 1.54) is 16.7 Å². The second-order valence-electron chi connectivity index (χ2n) is 12.2. The van der Waals surface area contributed by atoms with Gasteiger partial charge in [-0.25, -0.2) is 0 Å². The fourth-order valence-corrected chi connectivity index (χ4v) is 8.75. The SMILES string of the molecule is O=C(CC1CCN(C(=O)CC2COCCO2)CC1)N1CCC([C@H]2c3ncc(Br)cc3CCc3cc(Cl)cc(Br)c32)CC1. The highest BCUT2D eigenvalue weighted by atomic mass is 79.9. The molecule has 226 valence electrons. The zero-order valence-electron chi connectivity index (χ0n) is 23.8. The Kier molecular flexibility index (Phi) is 9.90. The van der Waals surface area contributed by atoms with E-state index in [-0.39, 0.29) is 23.8 Å². The standard InChI is InChI=1S/C32H38Br2ClN3O4/c33-24-14-23-2-1-22-15-25(35)16-27(34)30(22)31(32(23)36-18-24)21-5-9-38(10-6-21)28(39)13-20-3-7-37(8-4-20)29(40)17-26-19-41-11-12-42-26/h14-16,18,20-21,26,31H,1-13,17,19H2/t26?,31-/m1/s1. The molecule has 2 atom stereocenters. The predicted molar refractivity (Wildman–Crippen MR) is 169 cm³/mol. The van der Waals surface area contributed by atoms with Crippen molar-refractivity contribution in [2.75, 3.05) is 46.0 Å². The minimum absolute atomic E-state index is 0.134. The van der Waals surface area contributed by atoms with E-state index in [2.05, 4.69) is 48.9 Å². The van der Waals surface area contributed by atoms with Gasteiger partial charge < -0.3 is 19.3 Å². The van der Waals surface area contributed by atoms with Crippen molar-refractivity contribution in [2.45, 2.75) is 63.4 Å². The van der Waals surface area contributed by atoms with Crippen LogP contribution in [0.15, 0.2) is 33.3 Å². The number of hydrogen-bond acceptors (Lipinski definition) is 5. The lowest BCUT2D eigenvalue weighted by Gasteiger charge is -2.38. The summed E-state index contributed by atoms with van der Waals surface area (Å²) < 4.78 is 13.1. The molecular weight excluding hydrogens is 686 g/mol. The summed E-state index contributed by atoms with van der Waals surface area (Å²) in [7, 11) is 0. The van der Waals surface area contributed by atoms with Crippen molar-refractivity contribution in [3.63, 3.8) is 0 Å². The molecule has 0 saturated carbocycles. The largest absolute Gasteiger partial charge is 0.376 e. The van der Waals surface area contributed by atoms with E-state index >= 15 is 0 Å². The van der Waals surface area contributed by atoms with Crippen molar-refractivity contribution in [1.82, 2.24) is 14.8 Å². The first-order valence-electron chi connectivity index (χ1n) is 15.2. The van der Waals surface area contributed by atoms with Crippen molar-refractivity contribution in [2.24, 2.45) is 11.8 Å². The molecule has 2 amide bonds. The zero-order valence-corrected chi connectivity index (χ0v) is 27.8. The number of aromatic nitrogens is 1. The van der Waals surface area contributed by atoms with E-state index in [1.54, 1.807) is 0 Å². The molecule has 3 fully saturated rings. The minimum Gasteiger partial charge on any atom is -0.376 e. The van der Waals surface area contributed by atoms with Gasteiger partial charge in [0.15, 0.2) is 0 Å². The molecule has 1 aromatic carbocycles. The van der Waals surface area contributed by atoms with Gasteiger partial charge in [-0.05, 0) is 101 Å². The maximum absolute atomic E-state index is 13.4. The Hall–Kier alpha value is -1.52. The molecular formula is C32H38Br2ClN3O4. The maximum atomic E-state index is 13.4. The summed E-state index contributed by atoms with van der Waals surface area (Å²) in [5.74, 6) is 1.28. The fourth-order valence-electron chi connectivity index (χ4n) is 7.25. The van der Waals surface area contributed by atoms with Gasteiger partial charge in [-0.15, -0.1) is 0 Å². The number of ether oxygens (including phenoxy) is 2. The van der Waals surface area contributed by atoms with E-state index < -0.39 is 0 Å². The first-order valence-corrected chi connectivity index (χ1v) is 17.2. The quantitative estimate of drug-likeness (QED) is 0.370. The van der Waals surface area contributed by atoms with Crippen molar-refractivity contribution in [1.29, 1.82) is 0 Å². The molecule has 3 saturated heterocycles. The number of halogens is 3. The van der Waals surface area contributed by atoms with Crippen LogP contribution >= 0.6 is 43.5 Å². The number of carbonyl (C=O) groups excluding carboxylic acids is 2. The van der Waals surface area contributed by atoms with Gasteiger partial charge in [0, 0.05) is 58.7 Å². The van der Waals surface area contributed by atoms with Crippen LogP contribution in [0.3, 0.4) is 0 Å². The minimum atomic E-state index is -0.134. The lowest BCUT2D eigenvalue weighted by atomic mass is 9.76. The third kappa shape index (κ3) is 6.90. The van der Waals surface area contributed by atoms with Crippen LogP contribution < -0.4 is 0 Å². The Morgan fingerprint density at radius 3 is 2.31 bits per heavy atom. The predicted octanol–water partition coefficient (Wildman–Crippen LogP) is 6.16. The van der Waals surface area contributed by atoms with Gasteiger partial charge >= 0.3 is 0 Å². The van der Waals surface area contributed by atoms with Gasteiger partial charge in [0.2, 0.25) is 11.8 Å². The summed E-state index contributed by atoms with van der Waals surface area (Å²) in [6.07, 6.45) is 8.24. The smallest absolute Gasteiger partial charge is 0.225 e. The Morgan fingerprint density at radius 1 is 0.905 bits per heavy atom. The summed E-state index contributed by atoms with van der Waals surface area (Å²) in [6.45, 7) is 4.63. The fraction of sp³-hybridized carbons (Fsp3) is 0.594. The number of benzene rings is 1. The van der Waals surface area contributed by atoms with Crippen molar-refractivity contribution >= 4 is 55.3 Å². The summed E-state index contributed by atoms with van der Waals surface area (Å²) >= 11 is 13.9. The molecule has 0 bridgehead atoms. The van der Waals surface area contributed by atoms with Crippen LogP contribution in [-0.2, 0) is 31.9 Å². The van der Waals surface area contributed by atoms with Gasteiger partial charge in [0.25, 0.3) is 0 Å². The number of piperidine rings is 2. The topological polar surface area (TPSA) is 72.0 Å². The van der Waals surface area contributed by atoms with Crippen molar-refractivity contribution in [3.8, 4) is 0 Å². The number of aryl methyl sites for hydroxylation is 2. The third-order valence-electron chi connectivity index (χ3n) is 9.50. The van der Waals surface area contributed by atoms with E-state index in [1.807, 2.05) is 17.2 Å². The number of fused-ring (bicyclic) bond motifs is 2. The third-order valence-corrected chi connectivity index (χ3v) is 10.8. The Labute approximate surface area is 269 Å². The Balaban J connectivity index is 1.06. The van der Waals surface area contributed by atoms with Crippen LogP contribution in [-0.4, -0.2) is 78.7 Å². The molecule has 1 aromatic heterocycles. The average Bonchev–Trinajstić information content (AvgIpc) is 3.15. The monoisotopic (exact) mass is 721 g/mol. The van der Waals surface area contributed by atoms with Gasteiger partial charge in [-0.3, -0.25) is 14.6 Å². The molecule has 10 heteroatoms. The average molecular weight is 724 g/mol. The molecule has 0 spiro atoms. The Morgan fingerprint density at radius 2 is 1.60 bits per heavy atom. The van der Waals surface area contributed by atoms with E-state index in [9.17, 15) is 9.59 Å². The highest BCUT2D eigenvalue weighted by molar-refractivity contribution is 9.10. The lowest BCUT2D eigenvalue weighted by molar-refractivity contribution is -0.142. The van der Waals surface area contributed by atoms with Crippen LogP contribution in [0.1, 0.15) is 66.8 Å². The van der Waals surface area contributed by atoms with Crippen LogP contribution in [0.25, 0.3) is 0 Å². The maximum Gasteiger partial charge on any atom is 0.225 e. The number of rotatable bonds is 5. The number of amides is 2. The first kappa shape index (κ1) is 30.5. The normalized spacial score (nSPS) is 23.7. The van der Waals surface area contributed by atoms with E-state index in [4.69, 9.17) is 26.1 Å². The number of pyridine rings is 1. The summed E-state index contributed by atoms with van der Waals surface area (Å²) in [5, 5.41) is 0.753. The molecule has 1 unspecified atom stereocenters. The van der Waals surface area contributed by atoms with Gasteiger partial charge in [-0.1, -0.05) is 27.5 Å². The van der Waals surface area contributed by atoms with E-state index in [0.29, 0.717) is 44.5 Å². The number of hydrogen-bond donors (Lipinski definition) is 0. The first-order chi connectivity index (χ1) is 20.4. The zero-order chi connectivity index (χ0) is 29.2. The molecule has 3 aliphatic heterocycles. The number of likely N-dealkylation sites (tertiary alicyclic amines) is 2. The van der Waals surface area contributed by atoms with Crippen LogP contribution in [0.4, 0.5) is 0 Å². The summed E-state index contributed by atoms with van der Waals surface area (Å²) in [5.41, 5.74) is 5.04. The molecule has 2 aromatic rings. The van der Waals surface area contributed by atoms with E-state index in [0.717, 1.165) is 84.4 Å².